The van der Waals surface area contributed by atoms with Crippen molar-refractivity contribution >= 4 is 5.69 Å². The van der Waals surface area contributed by atoms with Crippen LogP contribution < -0.4 is 4.90 Å². The highest BCUT2D eigenvalue weighted by atomic mass is 19.1. The maximum Gasteiger partial charge on any atom is 0.123 e. The number of piperazine rings is 1. The van der Waals surface area contributed by atoms with Gasteiger partial charge in [0.1, 0.15) is 5.82 Å². The van der Waals surface area contributed by atoms with Crippen molar-refractivity contribution in [1.82, 2.24) is 4.90 Å². The number of allylic oxidation sites excluding steroid dienone is 3. The number of halogens is 1. The average Bonchev–Trinajstić information content (AvgIpc) is 3.11. The molecule has 0 radical (unpaired) electrons. The van der Waals surface area contributed by atoms with Crippen molar-refractivity contribution in [3.63, 3.8) is 0 Å². The van der Waals surface area contributed by atoms with Crippen LogP contribution in [0.1, 0.15) is 58.8 Å². The fourth-order valence-electron chi connectivity index (χ4n) is 8.54. The van der Waals surface area contributed by atoms with Crippen molar-refractivity contribution in [2.45, 2.75) is 70.5 Å². The summed E-state index contributed by atoms with van der Waals surface area (Å²) in [6.45, 7) is 9.23. The second kappa shape index (κ2) is 8.43. The lowest BCUT2D eigenvalue weighted by Crippen LogP contribution is -2.58. The van der Waals surface area contributed by atoms with Crippen LogP contribution in [0, 0.1) is 28.5 Å². The van der Waals surface area contributed by atoms with Gasteiger partial charge in [0.15, 0.2) is 0 Å². The average molecular weight is 481 g/mol. The zero-order valence-electron chi connectivity index (χ0n) is 21.3. The number of anilines is 1. The van der Waals surface area contributed by atoms with E-state index in [0.717, 1.165) is 83.4 Å². The van der Waals surface area contributed by atoms with Gasteiger partial charge in [-0.25, -0.2) is 4.39 Å². The molecular weight excluding hydrogens is 439 g/mol. The Morgan fingerprint density at radius 1 is 0.914 bits per heavy atom. The van der Waals surface area contributed by atoms with Gasteiger partial charge in [0.05, 0.1) is 11.7 Å². The number of fused-ring (bicyclic) bond motifs is 5. The lowest BCUT2D eigenvalue weighted by atomic mass is 9.50. The van der Waals surface area contributed by atoms with E-state index in [0.29, 0.717) is 11.8 Å². The van der Waals surface area contributed by atoms with Crippen LogP contribution >= 0.6 is 0 Å². The summed E-state index contributed by atoms with van der Waals surface area (Å²) in [5.74, 6) is 0.825. The molecular formula is C30H41FN2O2. The molecule has 0 spiro atoms. The number of aliphatic hydroxyl groups excluding tert-OH is 1. The number of benzene rings is 1. The molecule has 4 aliphatic carbocycles. The zero-order chi connectivity index (χ0) is 24.4. The number of nitrogens with zero attached hydrogens (tertiary/aromatic N) is 2. The predicted molar refractivity (Wildman–Crippen MR) is 138 cm³/mol. The van der Waals surface area contributed by atoms with Gasteiger partial charge in [0.25, 0.3) is 0 Å². The number of aliphatic hydroxyl groups is 2. The molecule has 5 heteroatoms. The minimum absolute atomic E-state index is 0.0840. The Bertz CT molecular complexity index is 1030. The number of rotatable bonds is 3. The van der Waals surface area contributed by atoms with Crippen molar-refractivity contribution in [2.75, 3.05) is 37.6 Å². The van der Waals surface area contributed by atoms with Gasteiger partial charge in [-0.3, -0.25) is 4.90 Å². The number of hydrogen-bond donors (Lipinski definition) is 2. The van der Waals surface area contributed by atoms with Crippen LogP contribution in [0.5, 0.6) is 0 Å². The van der Waals surface area contributed by atoms with E-state index >= 15 is 0 Å². The van der Waals surface area contributed by atoms with Crippen LogP contribution in [0.15, 0.2) is 47.6 Å². The normalized spacial score (nSPS) is 41.5. The van der Waals surface area contributed by atoms with E-state index in [4.69, 9.17) is 0 Å². The van der Waals surface area contributed by atoms with E-state index in [1.165, 1.54) is 17.7 Å². The fourth-order valence-corrected chi connectivity index (χ4v) is 8.54. The monoisotopic (exact) mass is 480 g/mol. The van der Waals surface area contributed by atoms with Crippen LogP contribution in [-0.4, -0.2) is 59.5 Å². The van der Waals surface area contributed by atoms with Gasteiger partial charge in [-0.1, -0.05) is 37.1 Å². The van der Waals surface area contributed by atoms with Gasteiger partial charge in [-0.15, -0.1) is 0 Å². The molecule has 1 aromatic carbocycles. The lowest BCUT2D eigenvalue weighted by molar-refractivity contribution is -0.102. The molecule has 190 valence electrons. The molecule has 35 heavy (non-hydrogen) atoms. The summed E-state index contributed by atoms with van der Waals surface area (Å²) >= 11 is 0. The lowest BCUT2D eigenvalue weighted by Gasteiger charge is -2.56. The molecule has 4 fully saturated rings. The first-order chi connectivity index (χ1) is 16.7. The Kier molecular flexibility index (Phi) is 5.70. The van der Waals surface area contributed by atoms with Crippen molar-refractivity contribution in [3.05, 3.63) is 53.4 Å². The molecule has 3 saturated carbocycles. The summed E-state index contributed by atoms with van der Waals surface area (Å²) < 4.78 is 13.3. The van der Waals surface area contributed by atoms with Crippen molar-refractivity contribution in [1.29, 1.82) is 0 Å². The van der Waals surface area contributed by atoms with E-state index in [-0.39, 0.29) is 22.8 Å². The summed E-state index contributed by atoms with van der Waals surface area (Å²) in [4.78, 5) is 4.78. The van der Waals surface area contributed by atoms with E-state index in [9.17, 15) is 14.6 Å². The molecule has 1 heterocycles. The molecule has 0 amide bonds. The molecule has 1 aliphatic heterocycles. The number of β-amino-alcohol motifs (C(OH)–C–C–N with tert-alkyl or cyclic N) is 1. The fraction of sp³-hybridized carbons (Fsp3) is 0.667. The second-order valence-corrected chi connectivity index (χ2v) is 12.5. The first-order valence-electron chi connectivity index (χ1n) is 13.8. The van der Waals surface area contributed by atoms with Crippen molar-refractivity contribution < 1.29 is 14.6 Å². The van der Waals surface area contributed by atoms with Crippen LogP contribution in [-0.2, 0) is 0 Å². The largest absolute Gasteiger partial charge is 0.393 e. The molecule has 0 unspecified atom stereocenters. The van der Waals surface area contributed by atoms with Gasteiger partial charge >= 0.3 is 0 Å². The summed E-state index contributed by atoms with van der Waals surface area (Å²) in [6, 6.07) is 6.80. The molecule has 1 saturated heterocycles. The smallest absolute Gasteiger partial charge is 0.123 e. The van der Waals surface area contributed by atoms with E-state index in [2.05, 4.69) is 35.8 Å². The van der Waals surface area contributed by atoms with Crippen LogP contribution in [0.2, 0.25) is 0 Å². The minimum Gasteiger partial charge on any atom is -0.393 e. The highest BCUT2D eigenvalue weighted by molar-refractivity contribution is 5.46. The summed E-state index contributed by atoms with van der Waals surface area (Å²) in [7, 11) is 0. The van der Waals surface area contributed by atoms with Crippen molar-refractivity contribution in [3.8, 4) is 0 Å². The highest BCUT2D eigenvalue weighted by Crippen LogP contribution is 2.66. The quantitative estimate of drug-likeness (QED) is 0.645. The van der Waals surface area contributed by atoms with Crippen molar-refractivity contribution in [2.24, 2.45) is 22.7 Å². The Labute approximate surface area is 209 Å². The maximum atomic E-state index is 13.3. The zero-order valence-corrected chi connectivity index (χ0v) is 21.3. The van der Waals surface area contributed by atoms with Gasteiger partial charge < -0.3 is 15.1 Å². The van der Waals surface area contributed by atoms with Crippen LogP contribution in [0.3, 0.4) is 0 Å². The van der Waals surface area contributed by atoms with Gasteiger partial charge in [0.2, 0.25) is 0 Å². The molecule has 4 nitrogen and oxygen atoms in total. The molecule has 0 aromatic heterocycles. The SMILES string of the molecule is C[C@]12CC[C@H](O)CC1=CC=C1[C@@H]2CC[C@@]2(C)[C@H]1CC[C@@]2(O)CN1CCN(c2ccc(F)cc2)CC1. The predicted octanol–water partition coefficient (Wildman–Crippen LogP) is 4.92. The molecule has 5 aliphatic rings. The van der Waals surface area contributed by atoms with Gasteiger partial charge in [-0.05, 0) is 86.5 Å². The molecule has 0 bridgehead atoms. The summed E-state index contributed by atoms with van der Waals surface area (Å²) in [5.41, 5.74) is 3.55. The summed E-state index contributed by atoms with van der Waals surface area (Å²) in [5, 5.41) is 22.4. The first kappa shape index (κ1) is 23.7. The van der Waals surface area contributed by atoms with Crippen LogP contribution in [0.25, 0.3) is 0 Å². The van der Waals surface area contributed by atoms with E-state index in [1.54, 1.807) is 5.57 Å². The Balaban J connectivity index is 1.16. The molecule has 2 N–H and O–H groups in total. The molecule has 6 rings (SSSR count). The number of hydrogen-bond acceptors (Lipinski definition) is 4. The minimum atomic E-state index is -0.658. The molecule has 1 aromatic rings. The van der Waals surface area contributed by atoms with E-state index in [1.807, 2.05) is 12.1 Å². The first-order valence-corrected chi connectivity index (χ1v) is 13.8. The summed E-state index contributed by atoms with van der Waals surface area (Å²) in [6.07, 6.45) is 11.5. The molecule has 6 atom stereocenters. The highest BCUT2D eigenvalue weighted by Gasteiger charge is 2.62. The van der Waals surface area contributed by atoms with Gasteiger partial charge in [0, 0.05) is 43.8 Å². The second-order valence-electron chi connectivity index (χ2n) is 12.5. The van der Waals surface area contributed by atoms with Crippen LogP contribution in [0.4, 0.5) is 10.1 Å². The van der Waals surface area contributed by atoms with Gasteiger partial charge in [-0.2, -0.15) is 0 Å². The Morgan fingerprint density at radius 3 is 2.37 bits per heavy atom. The third-order valence-corrected chi connectivity index (χ3v) is 10.9. The Morgan fingerprint density at radius 2 is 1.63 bits per heavy atom. The topological polar surface area (TPSA) is 46.9 Å². The Hall–Kier alpha value is -1.69. The van der Waals surface area contributed by atoms with E-state index < -0.39 is 5.60 Å². The maximum absolute atomic E-state index is 13.3. The standard InChI is InChI=1S/C30H41FN2O2/c1-28-12-9-24(34)19-21(28)3-8-25-26(28)10-13-29(2)27(25)11-14-30(29,35)20-32-15-17-33(18-16-32)23-6-4-22(31)5-7-23/h3-8,24,26-27,34-35H,9-20H2,1-2H3/t24-,26-,27-,28-,29-,30+/m0/s1. The third kappa shape index (κ3) is 3.72. The third-order valence-electron chi connectivity index (χ3n) is 10.9.